The van der Waals surface area contributed by atoms with Gasteiger partial charge in [0.25, 0.3) is 5.91 Å². The van der Waals surface area contributed by atoms with Crippen molar-refractivity contribution in [3.05, 3.63) is 29.3 Å². The number of halogens is 3. The molecule has 0 saturated heterocycles. The van der Waals surface area contributed by atoms with Gasteiger partial charge in [-0.1, -0.05) is 6.07 Å². The molecular formula is C12H15F3N2OS. The summed E-state index contributed by atoms with van der Waals surface area (Å²) in [5, 5.41) is 5.04. The number of para-hydroxylation sites is 1. The van der Waals surface area contributed by atoms with Crippen LogP contribution in [0.15, 0.2) is 18.2 Å². The lowest BCUT2D eigenvalue weighted by Crippen LogP contribution is -2.27. The minimum absolute atomic E-state index is 0.00146. The minimum Gasteiger partial charge on any atom is -0.387 e. The first-order valence-electron chi connectivity index (χ1n) is 5.57. The monoisotopic (exact) mass is 292 g/mol. The number of carbonyl (C=O) groups is 1. The highest BCUT2D eigenvalue weighted by molar-refractivity contribution is 7.98. The summed E-state index contributed by atoms with van der Waals surface area (Å²) in [6.45, 7) is 0.416. The van der Waals surface area contributed by atoms with Gasteiger partial charge in [-0.2, -0.15) is 24.9 Å². The highest BCUT2D eigenvalue weighted by Gasteiger charge is 2.34. The molecule has 0 aliphatic carbocycles. The number of alkyl halides is 3. The first-order chi connectivity index (χ1) is 8.91. The van der Waals surface area contributed by atoms with Crippen LogP contribution in [0.5, 0.6) is 0 Å². The van der Waals surface area contributed by atoms with Gasteiger partial charge < -0.3 is 10.6 Å². The smallest absolute Gasteiger partial charge is 0.387 e. The minimum atomic E-state index is -4.49. The van der Waals surface area contributed by atoms with Gasteiger partial charge in [-0.25, -0.2) is 0 Å². The zero-order chi connectivity index (χ0) is 14.5. The summed E-state index contributed by atoms with van der Waals surface area (Å²) in [5.74, 6) is 0.198. The molecule has 7 heteroatoms. The standard InChI is InChI=1S/C12H15F3N2OS/c1-16-10-8(11(18)17-6-7-19-2)4-3-5-9(10)12(13,14)15/h3-5,16H,6-7H2,1-2H3,(H,17,18). The number of hydrogen-bond acceptors (Lipinski definition) is 3. The van der Waals surface area contributed by atoms with Crippen molar-refractivity contribution in [2.45, 2.75) is 6.18 Å². The van der Waals surface area contributed by atoms with Crippen LogP contribution in [0, 0.1) is 0 Å². The third-order valence-corrected chi connectivity index (χ3v) is 3.07. The molecule has 0 saturated carbocycles. The van der Waals surface area contributed by atoms with Crippen LogP contribution in [-0.4, -0.2) is 31.5 Å². The lowest BCUT2D eigenvalue weighted by molar-refractivity contribution is -0.136. The summed E-state index contributed by atoms with van der Waals surface area (Å²) in [6, 6.07) is 3.55. The number of nitrogens with one attached hydrogen (secondary N) is 2. The van der Waals surface area contributed by atoms with Gasteiger partial charge in [-0.3, -0.25) is 4.79 Å². The normalized spacial score (nSPS) is 11.2. The lowest BCUT2D eigenvalue weighted by atomic mass is 10.1. The molecule has 0 spiro atoms. The zero-order valence-corrected chi connectivity index (χ0v) is 11.4. The van der Waals surface area contributed by atoms with Gasteiger partial charge in [0.1, 0.15) is 0 Å². The number of rotatable bonds is 5. The first kappa shape index (κ1) is 15.7. The molecule has 1 aromatic rings. The van der Waals surface area contributed by atoms with Gasteiger partial charge in [0.2, 0.25) is 0 Å². The molecule has 0 unspecified atom stereocenters. The number of amides is 1. The summed E-state index contributed by atoms with van der Waals surface area (Å²) in [7, 11) is 1.36. The SMILES string of the molecule is CNc1c(C(=O)NCCSC)cccc1C(F)(F)F. The van der Waals surface area contributed by atoms with Crippen molar-refractivity contribution in [1.29, 1.82) is 0 Å². The molecule has 1 amide bonds. The number of carbonyl (C=O) groups excluding carboxylic acids is 1. The topological polar surface area (TPSA) is 41.1 Å². The van der Waals surface area contributed by atoms with Crippen LogP contribution >= 0.6 is 11.8 Å². The third kappa shape index (κ3) is 4.05. The molecule has 0 aromatic heterocycles. The van der Waals surface area contributed by atoms with E-state index in [1.54, 1.807) is 11.8 Å². The van der Waals surface area contributed by atoms with Gasteiger partial charge in [-0.15, -0.1) is 0 Å². The maximum absolute atomic E-state index is 12.8. The average Bonchev–Trinajstić information content (AvgIpc) is 2.36. The summed E-state index contributed by atoms with van der Waals surface area (Å²) < 4.78 is 38.4. The van der Waals surface area contributed by atoms with Crippen molar-refractivity contribution in [2.24, 2.45) is 0 Å². The fraction of sp³-hybridized carbons (Fsp3) is 0.417. The van der Waals surface area contributed by atoms with Gasteiger partial charge in [0.15, 0.2) is 0 Å². The predicted octanol–water partition coefficient (Wildman–Crippen LogP) is 2.84. The van der Waals surface area contributed by atoms with E-state index in [2.05, 4.69) is 10.6 Å². The molecule has 19 heavy (non-hydrogen) atoms. The molecule has 1 aromatic carbocycles. The number of anilines is 1. The summed E-state index contributed by atoms with van der Waals surface area (Å²) in [5.41, 5.74) is -1.04. The highest BCUT2D eigenvalue weighted by Crippen LogP contribution is 2.36. The van der Waals surface area contributed by atoms with Gasteiger partial charge >= 0.3 is 6.18 Å². The molecule has 0 bridgehead atoms. The van der Waals surface area contributed by atoms with E-state index in [4.69, 9.17) is 0 Å². The first-order valence-corrected chi connectivity index (χ1v) is 6.96. The van der Waals surface area contributed by atoms with E-state index < -0.39 is 17.6 Å². The van der Waals surface area contributed by atoms with Crippen LogP contribution in [-0.2, 0) is 6.18 Å². The van der Waals surface area contributed by atoms with E-state index in [0.29, 0.717) is 12.3 Å². The van der Waals surface area contributed by atoms with E-state index >= 15 is 0 Å². The molecule has 0 radical (unpaired) electrons. The lowest BCUT2D eigenvalue weighted by Gasteiger charge is -2.16. The Morgan fingerprint density at radius 3 is 2.58 bits per heavy atom. The van der Waals surface area contributed by atoms with Crippen LogP contribution in [0.4, 0.5) is 18.9 Å². The Labute approximate surface area is 114 Å². The molecule has 0 atom stereocenters. The largest absolute Gasteiger partial charge is 0.418 e. The Kier molecular flexibility index (Phi) is 5.53. The van der Waals surface area contributed by atoms with Crippen molar-refractivity contribution in [3.63, 3.8) is 0 Å². The molecule has 0 aliphatic heterocycles. The van der Waals surface area contributed by atoms with Crippen LogP contribution < -0.4 is 10.6 Å². The van der Waals surface area contributed by atoms with E-state index in [1.165, 1.54) is 19.2 Å². The third-order valence-electron chi connectivity index (χ3n) is 2.46. The number of benzene rings is 1. The van der Waals surface area contributed by atoms with Crippen molar-refractivity contribution >= 4 is 23.4 Å². The fourth-order valence-corrected chi connectivity index (χ4v) is 1.92. The number of thioether (sulfide) groups is 1. The molecule has 2 N–H and O–H groups in total. The molecule has 0 heterocycles. The summed E-state index contributed by atoms with van der Waals surface area (Å²) >= 11 is 1.55. The van der Waals surface area contributed by atoms with E-state index in [1.807, 2.05) is 6.26 Å². The van der Waals surface area contributed by atoms with Crippen molar-refractivity contribution in [2.75, 3.05) is 30.9 Å². The number of hydrogen-bond donors (Lipinski definition) is 2. The Hall–Kier alpha value is -1.37. The van der Waals surface area contributed by atoms with Crippen molar-refractivity contribution in [3.8, 4) is 0 Å². The molecule has 106 valence electrons. The zero-order valence-electron chi connectivity index (χ0n) is 10.6. The molecule has 0 fully saturated rings. The molecule has 3 nitrogen and oxygen atoms in total. The quantitative estimate of drug-likeness (QED) is 0.820. The van der Waals surface area contributed by atoms with Gasteiger partial charge in [0.05, 0.1) is 16.8 Å². The maximum atomic E-state index is 12.8. The maximum Gasteiger partial charge on any atom is 0.418 e. The van der Waals surface area contributed by atoms with Crippen LogP contribution in [0.2, 0.25) is 0 Å². The van der Waals surface area contributed by atoms with Gasteiger partial charge in [-0.05, 0) is 18.4 Å². The molecule has 1 rings (SSSR count). The Morgan fingerprint density at radius 2 is 2.05 bits per heavy atom. The fourth-order valence-electron chi connectivity index (χ4n) is 1.61. The second-order valence-electron chi connectivity index (χ2n) is 3.72. The second kappa shape index (κ2) is 6.70. The van der Waals surface area contributed by atoms with E-state index in [9.17, 15) is 18.0 Å². The summed E-state index contributed by atoms with van der Waals surface area (Å²) in [6.07, 6.45) is -2.61. The average molecular weight is 292 g/mol. The van der Waals surface area contributed by atoms with Crippen molar-refractivity contribution in [1.82, 2.24) is 5.32 Å². The molecular weight excluding hydrogens is 277 g/mol. The Morgan fingerprint density at radius 1 is 1.37 bits per heavy atom. The summed E-state index contributed by atoms with van der Waals surface area (Å²) in [4.78, 5) is 11.9. The van der Waals surface area contributed by atoms with Crippen LogP contribution in [0.1, 0.15) is 15.9 Å². The Bertz CT molecular complexity index is 449. The van der Waals surface area contributed by atoms with E-state index in [-0.39, 0.29) is 11.3 Å². The molecule has 0 aliphatic rings. The Balaban J connectivity index is 3.04. The second-order valence-corrected chi connectivity index (χ2v) is 4.71. The van der Waals surface area contributed by atoms with Crippen LogP contribution in [0.3, 0.4) is 0 Å². The highest BCUT2D eigenvalue weighted by atomic mass is 32.2. The van der Waals surface area contributed by atoms with Crippen molar-refractivity contribution < 1.29 is 18.0 Å². The predicted molar refractivity (Wildman–Crippen MR) is 71.7 cm³/mol. The van der Waals surface area contributed by atoms with Crippen LogP contribution in [0.25, 0.3) is 0 Å². The van der Waals surface area contributed by atoms with E-state index in [0.717, 1.165) is 6.07 Å². The van der Waals surface area contributed by atoms with Gasteiger partial charge in [0, 0.05) is 19.3 Å².